The summed E-state index contributed by atoms with van der Waals surface area (Å²) in [5.74, 6) is -1.73. The van der Waals surface area contributed by atoms with Gasteiger partial charge in [-0.3, -0.25) is 14.3 Å². The van der Waals surface area contributed by atoms with Crippen molar-refractivity contribution < 1.29 is 17.9 Å². The molecule has 0 bridgehead atoms. The maximum atomic E-state index is 15.5. The number of allylic oxidation sites excluding steroid dienone is 4. The molecule has 2 aliphatic heterocycles. The topological polar surface area (TPSA) is 37.7 Å². The normalized spacial score (nSPS) is 20.0. The van der Waals surface area contributed by atoms with Crippen LogP contribution in [-0.2, 0) is 6.42 Å². The molecule has 204 valence electrons. The quantitative estimate of drug-likeness (QED) is 0.379. The summed E-state index contributed by atoms with van der Waals surface area (Å²) in [5.41, 5.74) is 0.767. The van der Waals surface area contributed by atoms with Crippen molar-refractivity contribution >= 4 is 11.8 Å². The van der Waals surface area contributed by atoms with Crippen molar-refractivity contribution in [2.45, 2.75) is 36.9 Å². The molecule has 38 heavy (non-hydrogen) atoms. The Morgan fingerprint density at radius 1 is 1.32 bits per heavy atom. The number of fused-ring (bicyclic) bond motifs is 1. The van der Waals surface area contributed by atoms with Crippen molar-refractivity contribution in [1.29, 1.82) is 0 Å². The highest BCUT2D eigenvalue weighted by Gasteiger charge is 2.34. The lowest BCUT2D eigenvalue weighted by Crippen LogP contribution is -2.37. The number of rotatable bonds is 9. The van der Waals surface area contributed by atoms with Gasteiger partial charge in [-0.15, -0.1) is 11.8 Å². The molecule has 0 saturated carbocycles. The van der Waals surface area contributed by atoms with Crippen molar-refractivity contribution in [3.05, 3.63) is 82.0 Å². The first kappa shape index (κ1) is 28.3. The fourth-order valence-corrected chi connectivity index (χ4v) is 6.77. The summed E-state index contributed by atoms with van der Waals surface area (Å²) in [7, 11) is 5.49. The minimum atomic E-state index is -0.910. The van der Waals surface area contributed by atoms with Crippen LogP contribution >= 0.6 is 11.8 Å². The molecule has 0 aliphatic carbocycles. The first-order chi connectivity index (χ1) is 18.1. The number of benzene rings is 1. The van der Waals surface area contributed by atoms with Crippen LogP contribution in [-0.4, -0.2) is 67.0 Å². The average Bonchev–Trinajstić information content (AvgIpc) is 3.52. The predicted molar refractivity (Wildman–Crippen MR) is 148 cm³/mol. The number of ether oxygens (including phenoxy) is 1. The number of thioether (sulfide) groups is 1. The number of hydrogen-bond donors (Lipinski definition) is 0. The van der Waals surface area contributed by atoms with Gasteiger partial charge in [-0.1, -0.05) is 25.3 Å². The third-order valence-electron chi connectivity index (χ3n) is 7.56. The zero-order chi connectivity index (χ0) is 27.7. The molecule has 1 unspecified atom stereocenters. The third-order valence-corrected chi connectivity index (χ3v) is 8.83. The summed E-state index contributed by atoms with van der Waals surface area (Å²) in [6.07, 6.45) is 1.85. The molecular formula is C29H34F3N3O2S. The summed E-state index contributed by atoms with van der Waals surface area (Å²) in [4.78, 5) is 18.6. The zero-order valence-electron chi connectivity index (χ0n) is 22.3. The van der Waals surface area contributed by atoms with Gasteiger partial charge in [0.05, 0.1) is 23.7 Å². The molecule has 0 radical (unpaired) electrons. The molecule has 1 fully saturated rings. The van der Waals surface area contributed by atoms with Crippen LogP contribution in [0.5, 0.6) is 5.75 Å². The number of aromatic nitrogens is 1. The highest BCUT2D eigenvalue weighted by molar-refractivity contribution is 7.99. The Morgan fingerprint density at radius 3 is 2.66 bits per heavy atom. The standard InChI is InChI=1S/C29H34F3N3O2S/c1-7-24(31)23(18(3)30)13-22-17(2)26(21-9-8-10-25(37-6)27(21)32)28(36)35-20(16-38-29(22)35)15-34-12-11-19(14-34)33(4)5/h7-10,19-20H,1,3,11-16H2,2,4-6H3/b24-23+/t19-,20?/m0/s1. The molecule has 2 aliphatic rings. The number of pyridine rings is 1. The summed E-state index contributed by atoms with van der Waals surface area (Å²) in [6, 6.07) is 4.92. The van der Waals surface area contributed by atoms with Gasteiger partial charge in [-0.05, 0) is 57.3 Å². The largest absolute Gasteiger partial charge is 0.494 e. The highest BCUT2D eigenvalue weighted by Crippen LogP contribution is 2.41. The van der Waals surface area contributed by atoms with Gasteiger partial charge in [0.15, 0.2) is 11.6 Å². The van der Waals surface area contributed by atoms with E-state index in [2.05, 4.69) is 37.1 Å². The summed E-state index contributed by atoms with van der Waals surface area (Å²) in [5, 5.41) is 0.656. The maximum absolute atomic E-state index is 15.5. The van der Waals surface area contributed by atoms with Crippen LogP contribution in [0.1, 0.15) is 23.6 Å². The Hall–Kier alpha value is -2.75. The van der Waals surface area contributed by atoms with Crippen LogP contribution in [0.25, 0.3) is 11.1 Å². The van der Waals surface area contributed by atoms with Gasteiger partial charge in [0, 0.05) is 42.4 Å². The molecule has 0 N–H and O–H groups in total. The molecule has 0 spiro atoms. The Labute approximate surface area is 226 Å². The molecule has 2 aromatic rings. The van der Waals surface area contributed by atoms with Gasteiger partial charge >= 0.3 is 0 Å². The van der Waals surface area contributed by atoms with Crippen molar-refractivity contribution in [2.24, 2.45) is 0 Å². The second-order valence-electron chi connectivity index (χ2n) is 10.0. The summed E-state index contributed by atoms with van der Waals surface area (Å²) in [6.45, 7) is 10.9. The van der Waals surface area contributed by atoms with Gasteiger partial charge in [0.25, 0.3) is 5.56 Å². The van der Waals surface area contributed by atoms with E-state index >= 15 is 4.39 Å². The maximum Gasteiger partial charge on any atom is 0.260 e. The fourth-order valence-electron chi connectivity index (χ4n) is 5.40. The minimum Gasteiger partial charge on any atom is -0.494 e. The lowest BCUT2D eigenvalue weighted by molar-refractivity contribution is 0.246. The minimum absolute atomic E-state index is 0.0153. The molecule has 3 heterocycles. The van der Waals surface area contributed by atoms with E-state index in [9.17, 15) is 13.6 Å². The SMILES string of the molecule is C=C/C(F)=C(/Cc1c(C)c(-c2cccc(OC)c2F)c(=O)n2c1SCC2CN1CC[C@H](N(C)C)C1)C(=C)F. The average molecular weight is 546 g/mol. The van der Waals surface area contributed by atoms with Crippen LogP contribution < -0.4 is 10.3 Å². The van der Waals surface area contributed by atoms with E-state index in [0.29, 0.717) is 34.5 Å². The first-order valence-corrected chi connectivity index (χ1v) is 13.6. The highest BCUT2D eigenvalue weighted by atomic mass is 32.2. The monoisotopic (exact) mass is 545 g/mol. The van der Waals surface area contributed by atoms with Crippen LogP contribution in [0.15, 0.2) is 64.5 Å². The zero-order valence-corrected chi connectivity index (χ0v) is 23.1. The molecule has 5 nitrogen and oxygen atoms in total. The van der Waals surface area contributed by atoms with E-state index in [1.807, 2.05) is 0 Å². The second kappa shape index (κ2) is 11.6. The summed E-state index contributed by atoms with van der Waals surface area (Å²) < 4.78 is 51.4. The predicted octanol–water partition coefficient (Wildman–Crippen LogP) is 5.69. The van der Waals surface area contributed by atoms with E-state index in [0.717, 1.165) is 25.6 Å². The Kier molecular flexibility index (Phi) is 8.59. The number of halogens is 3. The summed E-state index contributed by atoms with van der Waals surface area (Å²) >= 11 is 1.49. The van der Waals surface area contributed by atoms with Gasteiger partial charge in [-0.2, -0.15) is 0 Å². The van der Waals surface area contributed by atoms with Crippen molar-refractivity contribution in [3.8, 4) is 16.9 Å². The molecule has 1 aromatic carbocycles. The number of likely N-dealkylation sites (N-methyl/N-ethyl adjacent to an activating group) is 1. The molecular weight excluding hydrogens is 511 g/mol. The van der Waals surface area contributed by atoms with Crippen LogP contribution in [0.3, 0.4) is 0 Å². The number of likely N-dealkylation sites (tertiary alicyclic amines) is 1. The smallest absolute Gasteiger partial charge is 0.260 e. The molecule has 9 heteroatoms. The lowest BCUT2D eigenvalue weighted by atomic mass is 9.93. The van der Waals surface area contributed by atoms with Crippen LogP contribution in [0.2, 0.25) is 0 Å². The molecule has 0 amide bonds. The van der Waals surface area contributed by atoms with Crippen molar-refractivity contribution in [2.75, 3.05) is 46.6 Å². The Balaban J connectivity index is 1.89. The second-order valence-corrected chi connectivity index (χ2v) is 11.0. The number of methoxy groups -OCH3 is 1. The van der Waals surface area contributed by atoms with E-state index in [1.54, 1.807) is 17.6 Å². The number of hydrogen-bond acceptors (Lipinski definition) is 5. The number of nitrogens with zero attached hydrogens (tertiary/aromatic N) is 3. The lowest BCUT2D eigenvalue weighted by Gasteiger charge is -2.25. The molecule has 2 atom stereocenters. The van der Waals surface area contributed by atoms with Crippen molar-refractivity contribution in [1.82, 2.24) is 14.4 Å². The first-order valence-electron chi connectivity index (χ1n) is 12.6. The van der Waals surface area contributed by atoms with E-state index in [1.165, 1.54) is 31.0 Å². The van der Waals surface area contributed by atoms with Crippen molar-refractivity contribution in [3.63, 3.8) is 0 Å². The Morgan fingerprint density at radius 2 is 2.05 bits per heavy atom. The molecule has 1 saturated heterocycles. The van der Waals surface area contributed by atoms with Gasteiger partial charge in [0.1, 0.15) is 11.7 Å². The molecule has 4 rings (SSSR count). The van der Waals surface area contributed by atoms with Gasteiger partial charge < -0.3 is 9.64 Å². The van der Waals surface area contributed by atoms with Gasteiger partial charge in [0.2, 0.25) is 0 Å². The van der Waals surface area contributed by atoms with Gasteiger partial charge in [-0.25, -0.2) is 13.2 Å². The van der Waals surface area contributed by atoms with Crippen LogP contribution in [0, 0.1) is 12.7 Å². The van der Waals surface area contributed by atoms with E-state index in [4.69, 9.17) is 4.74 Å². The fraction of sp³-hybridized carbons (Fsp3) is 0.414. The van der Waals surface area contributed by atoms with E-state index in [-0.39, 0.29) is 40.5 Å². The third kappa shape index (κ3) is 5.24. The van der Waals surface area contributed by atoms with E-state index < -0.39 is 17.5 Å². The Bertz CT molecular complexity index is 1350. The molecule has 1 aromatic heterocycles. The van der Waals surface area contributed by atoms with Crippen LogP contribution in [0.4, 0.5) is 13.2 Å².